The molecule has 3 aromatic rings. The second-order valence-corrected chi connectivity index (χ2v) is 10.5. The fourth-order valence-corrected chi connectivity index (χ4v) is 6.03. The monoisotopic (exact) mass is 497 g/mol. The molecule has 2 aromatic carbocycles. The fraction of sp³-hybridized carbons (Fsp3) is 0.483. The van der Waals surface area contributed by atoms with Crippen molar-refractivity contribution >= 4 is 22.3 Å². The highest BCUT2D eigenvalue weighted by atomic mass is 16.5. The molecule has 0 bridgehead atoms. The first kappa shape index (κ1) is 24.0. The standard InChI is InChI=1S/C29H35N7O/c1-34-15-5-8-23(34)20-37-29-32-26-19-35(27-10-4-7-21-6-2-3-9-24(21)27)16-12-25(26)28(33-29)36-17-14-31-22(18-36)11-13-30/h2-4,6-7,9-10,22-23,31H,5,8,11-12,14-20H2,1H3/t22?,23-/m1/s1. The Kier molecular flexibility index (Phi) is 6.81. The highest BCUT2D eigenvalue weighted by Gasteiger charge is 2.29. The van der Waals surface area contributed by atoms with Gasteiger partial charge in [-0.3, -0.25) is 0 Å². The van der Waals surface area contributed by atoms with Crippen molar-refractivity contribution < 1.29 is 4.74 Å². The topological polar surface area (TPSA) is 80.5 Å². The van der Waals surface area contributed by atoms with E-state index >= 15 is 0 Å². The number of ether oxygens (including phenoxy) is 1. The third-order valence-corrected chi connectivity index (χ3v) is 8.10. The summed E-state index contributed by atoms with van der Waals surface area (Å²) < 4.78 is 6.27. The molecule has 2 fully saturated rings. The summed E-state index contributed by atoms with van der Waals surface area (Å²) in [7, 11) is 2.16. The Morgan fingerprint density at radius 3 is 2.84 bits per heavy atom. The minimum Gasteiger partial charge on any atom is -0.462 e. The first-order valence-corrected chi connectivity index (χ1v) is 13.5. The number of benzene rings is 2. The van der Waals surface area contributed by atoms with Crippen LogP contribution >= 0.6 is 0 Å². The van der Waals surface area contributed by atoms with Gasteiger partial charge in [0.1, 0.15) is 12.4 Å². The van der Waals surface area contributed by atoms with Gasteiger partial charge in [0.2, 0.25) is 0 Å². The van der Waals surface area contributed by atoms with Gasteiger partial charge in [-0.05, 0) is 44.3 Å². The van der Waals surface area contributed by atoms with Crippen molar-refractivity contribution in [2.45, 2.75) is 44.3 Å². The molecule has 3 aliphatic rings. The van der Waals surface area contributed by atoms with Gasteiger partial charge in [-0.2, -0.15) is 15.2 Å². The zero-order valence-corrected chi connectivity index (χ0v) is 21.6. The maximum absolute atomic E-state index is 9.26. The number of anilines is 2. The van der Waals surface area contributed by atoms with Crippen molar-refractivity contribution in [2.75, 3.05) is 56.2 Å². The average molecular weight is 498 g/mol. The van der Waals surface area contributed by atoms with Gasteiger partial charge in [0, 0.05) is 54.9 Å². The molecule has 8 heteroatoms. The number of nitrogens with zero attached hydrogens (tertiary/aromatic N) is 6. The minimum absolute atomic E-state index is 0.150. The Bertz CT molecular complexity index is 1300. The first-order valence-electron chi connectivity index (χ1n) is 13.5. The van der Waals surface area contributed by atoms with Crippen LogP contribution in [0.25, 0.3) is 10.8 Å². The van der Waals surface area contributed by atoms with Crippen LogP contribution in [0.5, 0.6) is 6.01 Å². The van der Waals surface area contributed by atoms with E-state index in [1.54, 1.807) is 0 Å². The molecule has 3 aliphatic heterocycles. The number of nitrogens with one attached hydrogen (secondary N) is 1. The summed E-state index contributed by atoms with van der Waals surface area (Å²) >= 11 is 0. The SMILES string of the molecule is CN1CCC[C@@H]1COc1nc2c(c(N3CCNC(CC#N)C3)n1)CCN(c1cccc3ccccc13)C2. The second kappa shape index (κ2) is 10.5. The molecule has 1 unspecified atom stereocenters. The predicted octanol–water partition coefficient (Wildman–Crippen LogP) is 3.36. The van der Waals surface area contributed by atoms with Gasteiger partial charge in [-0.15, -0.1) is 0 Å². The van der Waals surface area contributed by atoms with E-state index < -0.39 is 0 Å². The Balaban J connectivity index is 1.32. The molecule has 2 atom stereocenters. The maximum Gasteiger partial charge on any atom is 0.318 e. The van der Waals surface area contributed by atoms with Crippen LogP contribution in [0.2, 0.25) is 0 Å². The minimum atomic E-state index is 0.150. The van der Waals surface area contributed by atoms with Crippen LogP contribution in [0, 0.1) is 11.3 Å². The third kappa shape index (κ3) is 4.94. The molecule has 0 radical (unpaired) electrons. The molecule has 0 amide bonds. The Labute approximate surface area is 218 Å². The van der Waals surface area contributed by atoms with E-state index in [1.165, 1.54) is 28.4 Å². The molecule has 8 nitrogen and oxygen atoms in total. The van der Waals surface area contributed by atoms with Crippen LogP contribution in [-0.2, 0) is 13.0 Å². The number of likely N-dealkylation sites (N-methyl/N-ethyl adjacent to an activating group) is 1. The van der Waals surface area contributed by atoms with Gasteiger partial charge < -0.3 is 24.8 Å². The molecule has 2 saturated heterocycles. The quantitative estimate of drug-likeness (QED) is 0.555. The number of hydrogen-bond acceptors (Lipinski definition) is 8. The van der Waals surface area contributed by atoms with Gasteiger partial charge in [-0.1, -0.05) is 36.4 Å². The van der Waals surface area contributed by atoms with Gasteiger partial charge in [0.25, 0.3) is 0 Å². The molecular weight excluding hydrogens is 462 g/mol. The van der Waals surface area contributed by atoms with Gasteiger partial charge in [0.05, 0.1) is 24.7 Å². The van der Waals surface area contributed by atoms with E-state index in [1.807, 2.05) is 0 Å². The van der Waals surface area contributed by atoms with Crippen molar-refractivity contribution in [1.82, 2.24) is 20.2 Å². The molecule has 0 aliphatic carbocycles. The number of rotatable bonds is 6. The molecule has 4 heterocycles. The predicted molar refractivity (Wildman–Crippen MR) is 146 cm³/mol. The molecule has 6 rings (SSSR count). The zero-order chi connectivity index (χ0) is 25.2. The lowest BCUT2D eigenvalue weighted by Gasteiger charge is -2.37. The van der Waals surface area contributed by atoms with E-state index in [9.17, 15) is 5.26 Å². The Hall–Kier alpha value is -3.41. The molecule has 0 saturated carbocycles. The largest absolute Gasteiger partial charge is 0.462 e. The van der Waals surface area contributed by atoms with Crippen LogP contribution < -0.4 is 19.9 Å². The van der Waals surface area contributed by atoms with Crippen molar-refractivity contribution in [1.29, 1.82) is 5.26 Å². The number of hydrogen-bond donors (Lipinski definition) is 1. The summed E-state index contributed by atoms with van der Waals surface area (Å²) in [6.45, 7) is 5.85. The summed E-state index contributed by atoms with van der Waals surface area (Å²) in [4.78, 5) is 17.1. The van der Waals surface area contributed by atoms with E-state index in [4.69, 9.17) is 14.7 Å². The summed E-state index contributed by atoms with van der Waals surface area (Å²) in [5.74, 6) is 0.988. The van der Waals surface area contributed by atoms with Crippen molar-refractivity contribution in [3.05, 3.63) is 53.7 Å². The lowest BCUT2D eigenvalue weighted by atomic mass is 10.0. The molecule has 1 N–H and O–H groups in total. The Morgan fingerprint density at radius 1 is 1.08 bits per heavy atom. The molecule has 1 aromatic heterocycles. The van der Waals surface area contributed by atoms with E-state index in [0.29, 0.717) is 25.1 Å². The average Bonchev–Trinajstić information content (AvgIpc) is 3.35. The van der Waals surface area contributed by atoms with Crippen LogP contribution in [0.3, 0.4) is 0 Å². The summed E-state index contributed by atoms with van der Waals surface area (Å²) in [6.07, 6.45) is 3.74. The van der Waals surface area contributed by atoms with Gasteiger partial charge in [0.15, 0.2) is 0 Å². The summed E-state index contributed by atoms with van der Waals surface area (Å²) in [5, 5.41) is 15.3. The van der Waals surface area contributed by atoms with Gasteiger partial charge >= 0.3 is 6.01 Å². The van der Waals surface area contributed by atoms with Crippen LogP contribution in [0.4, 0.5) is 11.5 Å². The molecule has 0 spiro atoms. The van der Waals surface area contributed by atoms with E-state index in [-0.39, 0.29) is 6.04 Å². The third-order valence-electron chi connectivity index (χ3n) is 8.10. The lowest BCUT2D eigenvalue weighted by Crippen LogP contribution is -2.51. The number of piperazine rings is 1. The van der Waals surface area contributed by atoms with E-state index in [2.05, 4.69) is 75.6 Å². The number of aromatic nitrogens is 2. The van der Waals surface area contributed by atoms with E-state index in [0.717, 1.165) is 63.6 Å². The smallest absolute Gasteiger partial charge is 0.318 e. The first-order chi connectivity index (χ1) is 18.2. The molecule has 192 valence electrons. The molecular formula is C29H35N7O. The van der Waals surface area contributed by atoms with Crippen molar-refractivity contribution in [3.8, 4) is 12.1 Å². The fourth-order valence-electron chi connectivity index (χ4n) is 6.03. The maximum atomic E-state index is 9.26. The Morgan fingerprint density at radius 2 is 1.97 bits per heavy atom. The highest BCUT2D eigenvalue weighted by molar-refractivity contribution is 5.94. The zero-order valence-electron chi connectivity index (χ0n) is 21.6. The van der Waals surface area contributed by atoms with Crippen molar-refractivity contribution in [2.24, 2.45) is 0 Å². The molecule has 37 heavy (non-hydrogen) atoms. The highest BCUT2D eigenvalue weighted by Crippen LogP contribution is 2.34. The van der Waals surface area contributed by atoms with Crippen LogP contribution in [0.15, 0.2) is 42.5 Å². The summed E-state index contributed by atoms with van der Waals surface area (Å²) in [5.41, 5.74) is 3.52. The van der Waals surface area contributed by atoms with Crippen molar-refractivity contribution in [3.63, 3.8) is 0 Å². The lowest BCUT2D eigenvalue weighted by molar-refractivity contribution is 0.187. The van der Waals surface area contributed by atoms with Crippen LogP contribution in [0.1, 0.15) is 30.5 Å². The summed E-state index contributed by atoms with van der Waals surface area (Å²) in [6, 6.07) is 18.5. The number of likely N-dealkylation sites (tertiary alicyclic amines) is 1. The van der Waals surface area contributed by atoms with Gasteiger partial charge in [-0.25, -0.2) is 0 Å². The number of nitriles is 1. The number of fused-ring (bicyclic) bond motifs is 2. The second-order valence-electron chi connectivity index (χ2n) is 10.5. The normalized spacial score (nSPS) is 22.2. The van der Waals surface area contributed by atoms with Crippen LogP contribution in [-0.4, -0.2) is 73.3 Å².